The van der Waals surface area contributed by atoms with Crippen molar-refractivity contribution in [2.45, 2.75) is 71.4 Å². The molecule has 5 rings (SSSR count). The number of rotatable bonds is 9. The largest absolute Gasteiger partial charge is 0.481 e. The number of aromatic amines is 1. The van der Waals surface area contributed by atoms with Crippen molar-refractivity contribution in [3.8, 4) is 22.6 Å². The minimum absolute atomic E-state index is 0.0266. The van der Waals surface area contributed by atoms with Crippen LogP contribution in [0.3, 0.4) is 0 Å². The molecule has 2 N–H and O–H groups in total. The smallest absolute Gasteiger partial charge is 0.308 e. The molecule has 3 aromatic rings. The zero-order chi connectivity index (χ0) is 26.5. The lowest BCUT2D eigenvalue weighted by Crippen LogP contribution is -2.45. The molecule has 2 aromatic heterocycles. The molecule has 9 heteroatoms. The molecule has 1 aliphatic heterocycles. The van der Waals surface area contributed by atoms with E-state index >= 15 is 0 Å². The number of tetrazole rings is 1. The lowest BCUT2D eigenvalue weighted by molar-refractivity contribution is -0.145. The molecular formula is C29H37N7O2. The second kappa shape index (κ2) is 11.8. The van der Waals surface area contributed by atoms with E-state index in [1.165, 1.54) is 5.70 Å². The highest BCUT2D eigenvalue weighted by atomic mass is 16.4. The normalized spacial score (nSPS) is 21.8. The highest BCUT2D eigenvalue weighted by molar-refractivity contribution is 5.78. The third kappa shape index (κ3) is 5.56. The topological polar surface area (TPSA) is 111 Å². The van der Waals surface area contributed by atoms with Gasteiger partial charge < -0.3 is 14.9 Å². The van der Waals surface area contributed by atoms with Gasteiger partial charge in [0.1, 0.15) is 0 Å². The number of unbranched alkanes of at least 4 members (excludes halogenated alkanes) is 1. The Bertz CT molecular complexity index is 1240. The summed E-state index contributed by atoms with van der Waals surface area (Å²) in [4.78, 5) is 21.7. The van der Waals surface area contributed by atoms with Crippen LogP contribution in [0.2, 0.25) is 0 Å². The molecule has 38 heavy (non-hydrogen) atoms. The predicted octanol–water partition coefficient (Wildman–Crippen LogP) is 5.31. The molecule has 200 valence electrons. The van der Waals surface area contributed by atoms with E-state index in [0.29, 0.717) is 11.7 Å². The maximum atomic E-state index is 12.2. The van der Waals surface area contributed by atoms with Crippen molar-refractivity contribution in [2.75, 3.05) is 6.67 Å². The van der Waals surface area contributed by atoms with Crippen LogP contribution in [0.5, 0.6) is 0 Å². The number of aromatic nitrogens is 5. The average molecular weight is 516 g/mol. The van der Waals surface area contributed by atoms with Gasteiger partial charge in [0.2, 0.25) is 5.82 Å². The summed E-state index contributed by atoms with van der Waals surface area (Å²) < 4.78 is 0. The number of carbonyl (C=O) groups is 1. The average Bonchev–Trinajstić information content (AvgIpc) is 3.55. The van der Waals surface area contributed by atoms with E-state index in [0.717, 1.165) is 80.5 Å². The number of benzene rings is 1. The second-order valence-electron chi connectivity index (χ2n) is 10.6. The SMILES string of the molecule is CCCCC1=CN(C2C(C)CCCCC2C(=O)O)CN1Cc1ccc(-c2ccccc2-c2nn[nH]n2)nc1. The molecule has 0 bridgehead atoms. The molecule has 0 spiro atoms. The fraction of sp³-hybridized carbons (Fsp3) is 0.483. The summed E-state index contributed by atoms with van der Waals surface area (Å²) in [5, 5.41) is 24.5. The first-order chi connectivity index (χ1) is 18.5. The Hall–Kier alpha value is -3.75. The molecular weight excluding hydrogens is 478 g/mol. The van der Waals surface area contributed by atoms with E-state index in [9.17, 15) is 9.90 Å². The number of nitrogens with zero attached hydrogens (tertiary/aromatic N) is 6. The Balaban J connectivity index is 1.35. The number of hydrogen-bond acceptors (Lipinski definition) is 7. The molecule has 1 aliphatic carbocycles. The minimum Gasteiger partial charge on any atom is -0.481 e. The molecule has 3 atom stereocenters. The van der Waals surface area contributed by atoms with E-state index in [2.05, 4.69) is 56.5 Å². The van der Waals surface area contributed by atoms with Gasteiger partial charge in [-0.05, 0) is 48.4 Å². The van der Waals surface area contributed by atoms with Crippen LogP contribution < -0.4 is 0 Å². The number of carboxylic acids is 1. The van der Waals surface area contributed by atoms with Crippen molar-refractivity contribution in [1.29, 1.82) is 0 Å². The van der Waals surface area contributed by atoms with Crippen LogP contribution in [-0.2, 0) is 11.3 Å². The van der Waals surface area contributed by atoms with Gasteiger partial charge in [0.15, 0.2) is 0 Å². The van der Waals surface area contributed by atoms with Crippen LogP contribution in [0.4, 0.5) is 0 Å². The van der Waals surface area contributed by atoms with Gasteiger partial charge in [-0.3, -0.25) is 9.78 Å². The van der Waals surface area contributed by atoms with Crippen LogP contribution in [0, 0.1) is 11.8 Å². The first-order valence-corrected chi connectivity index (χ1v) is 13.8. The first-order valence-electron chi connectivity index (χ1n) is 13.8. The highest BCUT2D eigenvalue weighted by Crippen LogP contribution is 2.36. The quantitative estimate of drug-likeness (QED) is 0.369. The molecule has 3 unspecified atom stereocenters. The number of aliphatic carboxylic acids is 1. The Morgan fingerprint density at radius 3 is 2.66 bits per heavy atom. The molecule has 1 aromatic carbocycles. The van der Waals surface area contributed by atoms with Crippen LogP contribution in [-0.4, -0.2) is 59.2 Å². The van der Waals surface area contributed by atoms with Crippen molar-refractivity contribution in [2.24, 2.45) is 11.8 Å². The number of nitrogens with one attached hydrogen (secondary N) is 1. The van der Waals surface area contributed by atoms with Crippen LogP contribution in [0.25, 0.3) is 22.6 Å². The van der Waals surface area contributed by atoms with Gasteiger partial charge >= 0.3 is 5.97 Å². The monoisotopic (exact) mass is 515 g/mol. The Kier molecular flexibility index (Phi) is 8.00. The second-order valence-corrected chi connectivity index (χ2v) is 10.6. The number of pyridine rings is 1. The van der Waals surface area contributed by atoms with Crippen LogP contribution in [0.1, 0.15) is 64.4 Å². The van der Waals surface area contributed by atoms with Crippen molar-refractivity contribution in [1.82, 2.24) is 35.4 Å². The van der Waals surface area contributed by atoms with Gasteiger partial charge in [-0.1, -0.05) is 63.4 Å². The summed E-state index contributed by atoms with van der Waals surface area (Å²) in [5.41, 5.74) is 5.11. The van der Waals surface area contributed by atoms with Crippen molar-refractivity contribution < 1.29 is 9.90 Å². The fourth-order valence-electron chi connectivity index (χ4n) is 5.99. The predicted molar refractivity (Wildman–Crippen MR) is 145 cm³/mol. The van der Waals surface area contributed by atoms with Gasteiger partial charge in [0, 0.05) is 41.8 Å². The Morgan fingerprint density at radius 1 is 1.13 bits per heavy atom. The van der Waals surface area contributed by atoms with Gasteiger partial charge in [0.05, 0.1) is 18.3 Å². The molecule has 0 saturated heterocycles. The molecule has 0 amide bonds. The summed E-state index contributed by atoms with van der Waals surface area (Å²) >= 11 is 0. The summed E-state index contributed by atoms with van der Waals surface area (Å²) in [6, 6.07) is 12.1. The van der Waals surface area contributed by atoms with E-state index in [4.69, 9.17) is 4.98 Å². The van der Waals surface area contributed by atoms with Crippen molar-refractivity contribution in [3.05, 3.63) is 60.1 Å². The van der Waals surface area contributed by atoms with Gasteiger partial charge in [-0.25, -0.2) is 0 Å². The first kappa shape index (κ1) is 25.9. The van der Waals surface area contributed by atoms with Gasteiger partial charge in [-0.2, -0.15) is 5.21 Å². The minimum atomic E-state index is -0.661. The summed E-state index contributed by atoms with van der Waals surface area (Å²) in [7, 11) is 0. The number of H-pyrrole nitrogens is 1. The Labute approximate surface area is 224 Å². The van der Waals surface area contributed by atoms with Crippen LogP contribution in [0.15, 0.2) is 54.5 Å². The van der Waals surface area contributed by atoms with Crippen molar-refractivity contribution in [3.63, 3.8) is 0 Å². The van der Waals surface area contributed by atoms with Gasteiger partial charge in [0.25, 0.3) is 0 Å². The zero-order valence-corrected chi connectivity index (χ0v) is 22.3. The van der Waals surface area contributed by atoms with Crippen LogP contribution >= 0.6 is 0 Å². The standard InChI is InChI=1S/C29H37N7O2/c1-3-4-10-22-18-36(27-20(2)9-5-6-13-25(27)29(37)38)19-35(22)17-21-14-15-26(30-16-21)23-11-7-8-12-24(23)28-31-33-34-32-28/h7-8,11-12,14-16,18,20,25,27H,3-6,9-10,13,17,19H2,1-2H3,(H,37,38)(H,31,32,33,34). The third-order valence-electron chi connectivity index (χ3n) is 7.95. The summed E-state index contributed by atoms with van der Waals surface area (Å²) in [6.45, 7) is 5.90. The maximum absolute atomic E-state index is 12.2. The lowest BCUT2D eigenvalue weighted by atomic mass is 9.87. The molecule has 1 saturated carbocycles. The van der Waals surface area contributed by atoms with Crippen molar-refractivity contribution >= 4 is 5.97 Å². The highest BCUT2D eigenvalue weighted by Gasteiger charge is 2.39. The van der Waals surface area contributed by atoms with E-state index in [1.54, 1.807) is 0 Å². The van der Waals surface area contributed by atoms with E-state index < -0.39 is 5.97 Å². The fourth-order valence-corrected chi connectivity index (χ4v) is 5.99. The van der Waals surface area contributed by atoms with Gasteiger partial charge in [-0.15, -0.1) is 10.2 Å². The number of allylic oxidation sites excluding steroid dienone is 1. The Morgan fingerprint density at radius 2 is 1.95 bits per heavy atom. The zero-order valence-electron chi connectivity index (χ0n) is 22.3. The maximum Gasteiger partial charge on any atom is 0.308 e. The molecule has 9 nitrogen and oxygen atoms in total. The summed E-state index contributed by atoms with van der Waals surface area (Å²) in [6.07, 6.45) is 11.4. The number of carboxylic acid groups (broad SMARTS) is 1. The number of hydrogen-bond donors (Lipinski definition) is 2. The van der Waals surface area contributed by atoms with E-state index in [-0.39, 0.29) is 12.0 Å². The lowest BCUT2D eigenvalue weighted by Gasteiger charge is -2.36. The molecule has 3 heterocycles. The molecule has 1 fully saturated rings. The third-order valence-corrected chi connectivity index (χ3v) is 7.95. The summed E-state index contributed by atoms with van der Waals surface area (Å²) in [5.74, 6) is -0.0906. The van der Waals surface area contributed by atoms with E-state index in [1.807, 2.05) is 36.5 Å². The molecule has 2 aliphatic rings. The molecule has 0 radical (unpaired) electrons.